The minimum atomic E-state index is -1.01. The Morgan fingerprint density at radius 2 is 2.04 bits per heavy atom. The molecule has 2 unspecified atom stereocenters. The predicted molar refractivity (Wildman–Crippen MR) is 96.1 cm³/mol. The molecule has 0 saturated carbocycles. The zero-order valence-corrected chi connectivity index (χ0v) is 16.7. The van der Waals surface area contributed by atoms with Gasteiger partial charge in [-0.05, 0) is 51.7 Å². The zero-order valence-electron chi connectivity index (χ0n) is 12.7. The fraction of sp³-hybridized carbons (Fsp3) is 0.375. The summed E-state index contributed by atoms with van der Waals surface area (Å²) in [4.78, 5) is 27.2. The maximum absolute atomic E-state index is 12.1. The maximum Gasteiger partial charge on any atom is 0.336 e. The predicted octanol–water partition coefficient (Wildman–Crippen LogP) is 3.83. The smallest absolute Gasteiger partial charge is 0.336 e. The molecule has 4 rings (SSSR count). The molecule has 0 aliphatic carbocycles. The van der Waals surface area contributed by atoms with Crippen LogP contribution in [0, 0.1) is 0 Å². The first-order valence-electron chi connectivity index (χ1n) is 7.44. The van der Waals surface area contributed by atoms with Gasteiger partial charge >= 0.3 is 11.9 Å². The van der Waals surface area contributed by atoms with Gasteiger partial charge in [0.25, 0.3) is 0 Å². The molecule has 5 nitrogen and oxygen atoms in total. The molecular formula is C16H13Br2NO4S. The van der Waals surface area contributed by atoms with Crippen LogP contribution in [0.3, 0.4) is 0 Å². The number of ether oxygens (including phenoxy) is 2. The Kier molecular flexibility index (Phi) is 3.98. The largest absolute Gasteiger partial charge is 0.433 e. The van der Waals surface area contributed by atoms with E-state index in [4.69, 9.17) is 9.47 Å². The van der Waals surface area contributed by atoms with Gasteiger partial charge in [0.2, 0.25) is 5.72 Å². The number of thiophene rings is 1. The second kappa shape index (κ2) is 5.79. The van der Waals surface area contributed by atoms with E-state index >= 15 is 0 Å². The molecule has 1 spiro atoms. The molecule has 1 fully saturated rings. The summed E-state index contributed by atoms with van der Waals surface area (Å²) in [5.41, 5.74) is -0.0827. The molecule has 3 aliphatic rings. The summed E-state index contributed by atoms with van der Waals surface area (Å²) < 4.78 is 13.3. The Labute approximate surface area is 159 Å². The number of fused-ring (bicyclic) bond motifs is 1. The first-order chi connectivity index (χ1) is 11.4. The van der Waals surface area contributed by atoms with E-state index in [9.17, 15) is 9.59 Å². The molecule has 2 atom stereocenters. The zero-order chi connectivity index (χ0) is 17.1. The average Bonchev–Trinajstić information content (AvgIpc) is 2.97. The first kappa shape index (κ1) is 16.5. The molecule has 4 heterocycles. The van der Waals surface area contributed by atoms with Gasteiger partial charge in [-0.15, -0.1) is 11.3 Å². The first-order valence-corrected chi connectivity index (χ1v) is 9.91. The molecule has 3 aliphatic heterocycles. The van der Waals surface area contributed by atoms with Crippen molar-refractivity contribution in [3.8, 4) is 0 Å². The van der Waals surface area contributed by atoms with Gasteiger partial charge in [-0.25, -0.2) is 9.59 Å². The van der Waals surface area contributed by atoms with Crippen LogP contribution in [0.5, 0.6) is 0 Å². The summed E-state index contributed by atoms with van der Waals surface area (Å²) in [6.07, 6.45) is 4.47. The molecule has 1 saturated heterocycles. The molecule has 0 N–H and O–H groups in total. The third-order valence-electron chi connectivity index (χ3n) is 4.79. The number of likely N-dealkylation sites (N-methyl/N-ethyl adjacent to an activating group) is 1. The van der Waals surface area contributed by atoms with Crippen molar-refractivity contribution in [3.05, 3.63) is 37.1 Å². The number of carbonyl (C=O) groups excluding carboxylic acids is 2. The molecule has 0 aromatic carbocycles. The standard InChI is InChI=1S/C16H13Br2NO4S/c1-19-8-4-5-16(19)15(22-11(20)2-3-12(21)23-16)9(6-8)14-13(18)10(17)7-24-14/h2-3,7-8H,4-6H2,1H3/b3-2+. The summed E-state index contributed by atoms with van der Waals surface area (Å²) in [6.45, 7) is 0. The SMILES string of the molecule is CN1C2CCC13OC(=O)/C=C/C(=O)OC3=C(c1scc(Br)c1Br)C2. The highest BCUT2D eigenvalue weighted by molar-refractivity contribution is 9.13. The molecule has 126 valence electrons. The second-order valence-corrected chi connectivity index (χ2v) is 8.53. The summed E-state index contributed by atoms with van der Waals surface area (Å²) in [7, 11) is 1.92. The number of hydrogen-bond acceptors (Lipinski definition) is 6. The van der Waals surface area contributed by atoms with Gasteiger partial charge in [-0.1, -0.05) is 0 Å². The van der Waals surface area contributed by atoms with Crippen molar-refractivity contribution in [1.82, 2.24) is 4.90 Å². The maximum atomic E-state index is 12.1. The van der Waals surface area contributed by atoms with Crippen LogP contribution in [-0.4, -0.2) is 35.7 Å². The summed E-state index contributed by atoms with van der Waals surface area (Å²) in [6, 6.07) is 0.242. The van der Waals surface area contributed by atoms with Gasteiger partial charge in [0, 0.05) is 44.9 Å². The summed E-state index contributed by atoms with van der Waals surface area (Å²) >= 11 is 8.66. The monoisotopic (exact) mass is 473 g/mol. The van der Waals surface area contributed by atoms with Crippen LogP contribution in [-0.2, 0) is 19.1 Å². The number of carbonyl (C=O) groups is 2. The minimum Gasteiger partial charge on any atom is -0.433 e. The van der Waals surface area contributed by atoms with E-state index in [-0.39, 0.29) is 6.04 Å². The Bertz CT molecular complexity index is 815. The van der Waals surface area contributed by atoms with Crippen molar-refractivity contribution in [2.75, 3.05) is 7.05 Å². The Balaban J connectivity index is 1.95. The lowest BCUT2D eigenvalue weighted by molar-refractivity contribution is -0.177. The van der Waals surface area contributed by atoms with Crippen LogP contribution in [0.4, 0.5) is 0 Å². The van der Waals surface area contributed by atoms with Crippen LogP contribution >= 0.6 is 43.2 Å². The molecule has 0 radical (unpaired) electrons. The summed E-state index contributed by atoms with van der Waals surface area (Å²) in [5, 5.41) is 1.98. The normalized spacial score (nSPS) is 31.2. The van der Waals surface area contributed by atoms with Crippen LogP contribution in [0.15, 0.2) is 32.2 Å². The number of hydrogen-bond donors (Lipinski definition) is 0. The molecule has 2 bridgehead atoms. The van der Waals surface area contributed by atoms with E-state index in [0.29, 0.717) is 12.2 Å². The van der Waals surface area contributed by atoms with E-state index in [1.807, 2.05) is 17.3 Å². The van der Waals surface area contributed by atoms with Gasteiger partial charge in [0.05, 0.1) is 4.47 Å². The van der Waals surface area contributed by atoms with Gasteiger partial charge in [-0.3, -0.25) is 4.90 Å². The van der Waals surface area contributed by atoms with Crippen molar-refractivity contribution >= 4 is 60.7 Å². The Hall–Kier alpha value is -0.960. The second-order valence-electron chi connectivity index (χ2n) is 6.00. The van der Waals surface area contributed by atoms with E-state index in [2.05, 4.69) is 31.9 Å². The topological polar surface area (TPSA) is 55.8 Å². The Morgan fingerprint density at radius 1 is 1.29 bits per heavy atom. The highest BCUT2D eigenvalue weighted by Crippen LogP contribution is 2.53. The minimum absolute atomic E-state index is 0.242. The van der Waals surface area contributed by atoms with Gasteiger partial charge in [-0.2, -0.15) is 0 Å². The fourth-order valence-corrected chi connectivity index (χ4v) is 5.87. The Morgan fingerprint density at radius 3 is 2.75 bits per heavy atom. The van der Waals surface area contributed by atoms with Crippen LogP contribution < -0.4 is 0 Å². The average molecular weight is 475 g/mol. The number of halogens is 2. The number of rotatable bonds is 1. The lowest BCUT2D eigenvalue weighted by Gasteiger charge is -2.43. The van der Waals surface area contributed by atoms with Gasteiger partial charge < -0.3 is 9.47 Å². The van der Waals surface area contributed by atoms with Crippen LogP contribution in [0.2, 0.25) is 0 Å². The van der Waals surface area contributed by atoms with E-state index in [1.54, 1.807) is 11.3 Å². The van der Waals surface area contributed by atoms with E-state index in [1.165, 1.54) is 0 Å². The van der Waals surface area contributed by atoms with Crippen LogP contribution in [0.1, 0.15) is 24.1 Å². The van der Waals surface area contributed by atoms with Crippen molar-refractivity contribution < 1.29 is 19.1 Å². The van der Waals surface area contributed by atoms with Crippen molar-refractivity contribution in [3.63, 3.8) is 0 Å². The van der Waals surface area contributed by atoms with Crippen molar-refractivity contribution in [1.29, 1.82) is 0 Å². The highest BCUT2D eigenvalue weighted by atomic mass is 79.9. The lowest BCUT2D eigenvalue weighted by Crippen LogP contribution is -2.53. The van der Waals surface area contributed by atoms with E-state index < -0.39 is 17.7 Å². The molecule has 1 aromatic heterocycles. The molecule has 8 heteroatoms. The molecule has 0 amide bonds. The number of nitrogens with zero attached hydrogens (tertiary/aromatic N) is 1. The quantitative estimate of drug-likeness (QED) is 0.579. The molecule has 24 heavy (non-hydrogen) atoms. The molecule has 1 aromatic rings. The van der Waals surface area contributed by atoms with Crippen molar-refractivity contribution in [2.24, 2.45) is 0 Å². The third-order valence-corrected chi connectivity index (χ3v) is 8.38. The van der Waals surface area contributed by atoms with Crippen LogP contribution in [0.25, 0.3) is 5.57 Å². The fourth-order valence-electron chi connectivity index (χ4n) is 3.61. The molecular weight excluding hydrogens is 462 g/mol. The van der Waals surface area contributed by atoms with Gasteiger partial charge in [0.1, 0.15) is 0 Å². The third kappa shape index (κ3) is 2.34. The van der Waals surface area contributed by atoms with E-state index in [0.717, 1.165) is 44.4 Å². The lowest BCUT2D eigenvalue weighted by atomic mass is 9.96. The summed E-state index contributed by atoms with van der Waals surface area (Å²) in [5.74, 6) is -0.634. The number of esters is 2. The highest BCUT2D eigenvalue weighted by Gasteiger charge is 2.57. The van der Waals surface area contributed by atoms with Gasteiger partial charge in [0.15, 0.2) is 5.76 Å². The van der Waals surface area contributed by atoms with Crippen molar-refractivity contribution in [2.45, 2.75) is 31.0 Å².